The Kier molecular flexibility index (Phi) is 1.87. The Labute approximate surface area is 93.9 Å². The Morgan fingerprint density at radius 1 is 1.35 bits per heavy atom. The second-order valence-electron chi connectivity index (χ2n) is 3.36. The minimum atomic E-state index is -1.06. The largest absolute Gasteiger partial charge is 0.476 e. The van der Waals surface area contributed by atoms with Crippen LogP contribution in [-0.4, -0.2) is 41.1 Å². The Morgan fingerprint density at radius 2 is 2.24 bits per heavy atom. The molecule has 3 aromatic heterocycles. The number of aromatic carboxylic acids is 1. The molecule has 3 aromatic rings. The van der Waals surface area contributed by atoms with Crippen LogP contribution in [0.5, 0.6) is 0 Å². The van der Waals surface area contributed by atoms with Crippen molar-refractivity contribution in [2.24, 2.45) is 0 Å². The highest BCUT2D eigenvalue weighted by molar-refractivity contribution is 5.86. The summed E-state index contributed by atoms with van der Waals surface area (Å²) < 4.78 is 1.61. The van der Waals surface area contributed by atoms with Crippen molar-refractivity contribution in [2.45, 2.75) is 0 Å². The van der Waals surface area contributed by atoms with Crippen LogP contribution in [0.4, 0.5) is 0 Å². The van der Waals surface area contributed by atoms with Gasteiger partial charge in [-0.15, -0.1) is 5.10 Å². The molecule has 3 rings (SSSR count). The molecule has 0 bridgehead atoms. The van der Waals surface area contributed by atoms with Gasteiger partial charge in [0.2, 0.25) is 0 Å². The molecule has 0 radical (unpaired) electrons. The minimum Gasteiger partial charge on any atom is -0.476 e. The Balaban J connectivity index is 2.16. The van der Waals surface area contributed by atoms with Crippen LogP contribution < -0.4 is 0 Å². The van der Waals surface area contributed by atoms with Gasteiger partial charge in [-0.05, 0) is 22.6 Å². The topological polar surface area (TPSA) is 109 Å². The normalized spacial score (nSPS) is 10.8. The number of carboxylic acids is 1. The predicted molar refractivity (Wildman–Crippen MR) is 55.3 cm³/mol. The molecule has 8 heteroatoms. The number of fused-ring (bicyclic) bond motifs is 1. The summed E-state index contributed by atoms with van der Waals surface area (Å²) in [5.74, 6) is -0.547. The summed E-state index contributed by atoms with van der Waals surface area (Å²) in [6.07, 6.45) is 3.14. The molecule has 17 heavy (non-hydrogen) atoms. The summed E-state index contributed by atoms with van der Waals surface area (Å²) in [7, 11) is 0. The molecule has 0 amide bonds. The van der Waals surface area contributed by atoms with E-state index in [9.17, 15) is 4.79 Å². The molecule has 0 saturated heterocycles. The monoisotopic (exact) mass is 230 g/mol. The Hall–Kier alpha value is -2.77. The van der Waals surface area contributed by atoms with Crippen molar-refractivity contribution in [3.8, 4) is 11.4 Å². The molecule has 0 spiro atoms. The Bertz CT molecular complexity index is 687. The zero-order chi connectivity index (χ0) is 11.8. The number of pyridine rings is 1. The minimum absolute atomic E-state index is 0.00200. The standard InChI is InChI=1S/C9H6N6O2/c16-9(17)6-4-15-3-5(1-2-7(15)10-6)8-11-13-14-12-8/h1-4H,(H,16,17)(H,11,12,13,14). The third-order valence-corrected chi connectivity index (χ3v) is 2.29. The zero-order valence-electron chi connectivity index (χ0n) is 8.40. The molecule has 84 valence electrons. The van der Waals surface area contributed by atoms with Crippen LogP contribution >= 0.6 is 0 Å². The van der Waals surface area contributed by atoms with E-state index in [1.165, 1.54) is 6.20 Å². The van der Waals surface area contributed by atoms with Crippen molar-refractivity contribution >= 4 is 11.6 Å². The second kappa shape index (κ2) is 3.37. The number of aromatic amines is 1. The lowest BCUT2D eigenvalue weighted by Gasteiger charge is -1.96. The maximum absolute atomic E-state index is 10.8. The average molecular weight is 230 g/mol. The highest BCUT2D eigenvalue weighted by Gasteiger charge is 2.09. The lowest BCUT2D eigenvalue weighted by atomic mass is 10.3. The third kappa shape index (κ3) is 1.51. The number of imidazole rings is 1. The van der Waals surface area contributed by atoms with Gasteiger partial charge in [0, 0.05) is 18.0 Å². The van der Waals surface area contributed by atoms with E-state index in [0.29, 0.717) is 11.5 Å². The van der Waals surface area contributed by atoms with E-state index >= 15 is 0 Å². The first-order valence-electron chi connectivity index (χ1n) is 4.70. The van der Waals surface area contributed by atoms with Gasteiger partial charge in [0.15, 0.2) is 11.5 Å². The number of tetrazole rings is 1. The van der Waals surface area contributed by atoms with Crippen molar-refractivity contribution in [3.05, 3.63) is 30.2 Å². The van der Waals surface area contributed by atoms with Gasteiger partial charge in [0.1, 0.15) is 5.65 Å². The van der Waals surface area contributed by atoms with Crippen LogP contribution in [0.1, 0.15) is 10.5 Å². The smallest absolute Gasteiger partial charge is 0.356 e. The first kappa shape index (κ1) is 9.46. The van der Waals surface area contributed by atoms with Crippen LogP contribution in [-0.2, 0) is 0 Å². The molecular weight excluding hydrogens is 224 g/mol. The summed E-state index contributed by atoms with van der Waals surface area (Å²) >= 11 is 0. The quantitative estimate of drug-likeness (QED) is 0.651. The van der Waals surface area contributed by atoms with Gasteiger partial charge in [-0.2, -0.15) is 0 Å². The zero-order valence-corrected chi connectivity index (χ0v) is 8.40. The molecule has 2 N–H and O–H groups in total. The number of carbonyl (C=O) groups is 1. The van der Waals surface area contributed by atoms with Crippen molar-refractivity contribution in [2.75, 3.05) is 0 Å². The summed E-state index contributed by atoms with van der Waals surface area (Å²) in [5, 5.41) is 22.2. The molecule has 0 aromatic carbocycles. The number of H-pyrrole nitrogens is 1. The molecule has 8 nitrogen and oxygen atoms in total. The lowest BCUT2D eigenvalue weighted by molar-refractivity contribution is 0.0691. The maximum Gasteiger partial charge on any atom is 0.356 e. The highest BCUT2D eigenvalue weighted by Crippen LogP contribution is 2.15. The van der Waals surface area contributed by atoms with E-state index in [-0.39, 0.29) is 5.69 Å². The van der Waals surface area contributed by atoms with Crippen molar-refractivity contribution in [1.29, 1.82) is 0 Å². The molecule has 0 atom stereocenters. The first-order valence-corrected chi connectivity index (χ1v) is 4.70. The number of rotatable bonds is 2. The van der Waals surface area contributed by atoms with Gasteiger partial charge in [-0.25, -0.2) is 14.9 Å². The summed E-state index contributed by atoms with van der Waals surface area (Å²) in [5.41, 5.74) is 1.30. The van der Waals surface area contributed by atoms with Gasteiger partial charge in [0.05, 0.1) is 0 Å². The van der Waals surface area contributed by atoms with Gasteiger partial charge in [-0.1, -0.05) is 0 Å². The fraction of sp³-hybridized carbons (Fsp3) is 0. The van der Waals surface area contributed by atoms with Gasteiger partial charge in [0.25, 0.3) is 0 Å². The average Bonchev–Trinajstić information content (AvgIpc) is 2.97. The number of hydrogen-bond acceptors (Lipinski definition) is 5. The van der Waals surface area contributed by atoms with Crippen LogP contribution in [0, 0.1) is 0 Å². The molecule has 3 heterocycles. The second-order valence-corrected chi connectivity index (χ2v) is 3.36. The van der Waals surface area contributed by atoms with Crippen molar-refractivity contribution in [3.63, 3.8) is 0 Å². The van der Waals surface area contributed by atoms with Gasteiger partial charge in [-0.3, -0.25) is 0 Å². The van der Waals surface area contributed by atoms with Crippen molar-refractivity contribution < 1.29 is 9.90 Å². The van der Waals surface area contributed by atoms with Crippen LogP contribution in [0.2, 0.25) is 0 Å². The van der Waals surface area contributed by atoms with Crippen LogP contribution in [0.25, 0.3) is 17.0 Å². The van der Waals surface area contributed by atoms with E-state index in [1.54, 1.807) is 22.7 Å². The summed E-state index contributed by atoms with van der Waals surface area (Å²) in [4.78, 5) is 14.7. The van der Waals surface area contributed by atoms with E-state index in [4.69, 9.17) is 5.11 Å². The van der Waals surface area contributed by atoms with Crippen molar-refractivity contribution in [1.82, 2.24) is 30.0 Å². The molecule has 0 aliphatic rings. The fourth-order valence-corrected chi connectivity index (χ4v) is 1.52. The van der Waals surface area contributed by atoms with Gasteiger partial charge >= 0.3 is 5.97 Å². The predicted octanol–water partition coefficient (Wildman–Crippen LogP) is 0.213. The molecular formula is C9H6N6O2. The molecule has 0 fully saturated rings. The number of nitrogens with one attached hydrogen (secondary N) is 1. The molecule has 0 unspecified atom stereocenters. The summed E-state index contributed by atoms with van der Waals surface area (Å²) in [6.45, 7) is 0. The summed E-state index contributed by atoms with van der Waals surface area (Å²) in [6, 6.07) is 3.46. The molecule has 0 aliphatic carbocycles. The number of aromatic nitrogens is 6. The van der Waals surface area contributed by atoms with E-state index in [0.717, 1.165) is 5.56 Å². The number of hydrogen-bond donors (Lipinski definition) is 2. The van der Waals surface area contributed by atoms with E-state index in [2.05, 4.69) is 25.6 Å². The first-order chi connectivity index (χ1) is 8.24. The van der Waals surface area contributed by atoms with Crippen LogP contribution in [0.15, 0.2) is 24.5 Å². The maximum atomic E-state index is 10.8. The Morgan fingerprint density at radius 3 is 2.94 bits per heavy atom. The van der Waals surface area contributed by atoms with Crippen LogP contribution in [0.3, 0.4) is 0 Å². The third-order valence-electron chi connectivity index (χ3n) is 2.29. The number of nitrogens with zero attached hydrogens (tertiary/aromatic N) is 5. The number of carboxylic acid groups (broad SMARTS) is 1. The molecule has 0 aliphatic heterocycles. The highest BCUT2D eigenvalue weighted by atomic mass is 16.4. The molecule has 0 saturated carbocycles. The van der Waals surface area contributed by atoms with E-state index in [1.807, 2.05) is 0 Å². The van der Waals surface area contributed by atoms with E-state index < -0.39 is 5.97 Å². The SMILES string of the molecule is O=C(O)c1cn2cc(-c3nnn[nH]3)ccc2n1. The lowest BCUT2D eigenvalue weighted by Crippen LogP contribution is -1.94. The fourth-order valence-electron chi connectivity index (χ4n) is 1.52. The van der Waals surface area contributed by atoms with Gasteiger partial charge < -0.3 is 9.51 Å².